The second-order valence-electron chi connectivity index (χ2n) is 4.84. The number of hydrogen-bond donors (Lipinski definition) is 1. The Balaban J connectivity index is 2.71. The number of hydrogen-bond acceptors (Lipinski definition) is 4. The third-order valence-electron chi connectivity index (χ3n) is 3.10. The van der Waals surface area contributed by atoms with Crippen molar-refractivity contribution in [1.29, 1.82) is 5.26 Å². The molecule has 2 N–H and O–H groups in total. The highest BCUT2D eigenvalue weighted by molar-refractivity contribution is 5.96. The number of carbonyl (C=O) groups excluding carboxylic acids is 1. The summed E-state index contributed by atoms with van der Waals surface area (Å²) < 4.78 is 0. The third-order valence-corrected chi connectivity index (χ3v) is 3.10. The number of nitrogens with zero attached hydrogens (tertiary/aromatic N) is 3. The number of benzene rings is 1. The fraction of sp³-hybridized carbons (Fsp3) is 0.267. The van der Waals surface area contributed by atoms with Gasteiger partial charge in [-0.2, -0.15) is 5.26 Å². The molecule has 0 fully saturated rings. The number of amides is 1. The van der Waals surface area contributed by atoms with Crippen LogP contribution in [0.5, 0.6) is 0 Å². The predicted octanol–water partition coefficient (Wildman–Crippen LogP) is 1.81. The summed E-state index contributed by atoms with van der Waals surface area (Å²) in [6, 6.07) is 9.73. The standard InChI is InChI=1S/C15H16N4O/c1-10(2)19(9-14(17)20)15-11(7-16)8-18-13-6-4-3-5-12(13)15/h3-6,8,10H,9H2,1-2H3,(H2,17,20). The second-order valence-corrected chi connectivity index (χ2v) is 4.84. The molecule has 0 saturated carbocycles. The topological polar surface area (TPSA) is 83.0 Å². The smallest absolute Gasteiger partial charge is 0.236 e. The maximum atomic E-state index is 11.3. The van der Waals surface area contributed by atoms with Gasteiger partial charge in [0.15, 0.2) is 0 Å². The normalized spacial score (nSPS) is 10.5. The molecule has 102 valence electrons. The zero-order chi connectivity index (χ0) is 14.7. The van der Waals surface area contributed by atoms with Gasteiger partial charge >= 0.3 is 0 Å². The summed E-state index contributed by atoms with van der Waals surface area (Å²) in [6.45, 7) is 3.99. The molecule has 0 bridgehead atoms. The van der Waals surface area contributed by atoms with Crippen molar-refractivity contribution >= 4 is 22.5 Å². The van der Waals surface area contributed by atoms with Crippen molar-refractivity contribution in [2.45, 2.75) is 19.9 Å². The van der Waals surface area contributed by atoms with Crippen LogP contribution in [0, 0.1) is 11.3 Å². The van der Waals surface area contributed by atoms with Crippen molar-refractivity contribution in [3.63, 3.8) is 0 Å². The molecule has 0 spiro atoms. The molecule has 2 rings (SSSR count). The van der Waals surface area contributed by atoms with E-state index in [0.717, 1.165) is 10.9 Å². The van der Waals surface area contributed by atoms with Crippen LogP contribution in [0.3, 0.4) is 0 Å². The van der Waals surface area contributed by atoms with Crippen molar-refractivity contribution in [2.24, 2.45) is 5.73 Å². The van der Waals surface area contributed by atoms with Crippen molar-refractivity contribution in [1.82, 2.24) is 4.98 Å². The number of nitrogens with two attached hydrogens (primary N) is 1. The highest BCUT2D eigenvalue weighted by atomic mass is 16.1. The Bertz CT molecular complexity index is 688. The Hall–Kier alpha value is -2.61. The second kappa shape index (κ2) is 5.57. The Morgan fingerprint density at radius 2 is 2.15 bits per heavy atom. The van der Waals surface area contributed by atoms with Gasteiger partial charge < -0.3 is 10.6 Å². The molecule has 0 aliphatic carbocycles. The van der Waals surface area contributed by atoms with Gasteiger partial charge in [0.2, 0.25) is 5.91 Å². The molecular formula is C15H16N4O. The van der Waals surface area contributed by atoms with Crippen LogP contribution in [0.15, 0.2) is 30.5 Å². The van der Waals surface area contributed by atoms with E-state index in [9.17, 15) is 10.1 Å². The molecule has 5 nitrogen and oxygen atoms in total. The monoisotopic (exact) mass is 268 g/mol. The minimum absolute atomic E-state index is 0.0420. The average molecular weight is 268 g/mol. The van der Waals surface area contributed by atoms with Gasteiger partial charge in [-0.05, 0) is 19.9 Å². The summed E-state index contributed by atoms with van der Waals surface area (Å²) in [7, 11) is 0. The van der Waals surface area contributed by atoms with Crippen LogP contribution in [0.1, 0.15) is 19.4 Å². The first-order valence-corrected chi connectivity index (χ1v) is 6.37. The van der Waals surface area contributed by atoms with Crippen molar-refractivity contribution in [3.05, 3.63) is 36.0 Å². The van der Waals surface area contributed by atoms with E-state index < -0.39 is 5.91 Å². The molecule has 0 unspecified atom stereocenters. The first-order chi connectivity index (χ1) is 9.54. The zero-order valence-electron chi connectivity index (χ0n) is 11.5. The number of carbonyl (C=O) groups is 1. The number of anilines is 1. The van der Waals surface area contributed by atoms with E-state index in [4.69, 9.17) is 5.73 Å². The lowest BCUT2D eigenvalue weighted by molar-refractivity contribution is -0.116. The lowest BCUT2D eigenvalue weighted by atomic mass is 10.1. The van der Waals surface area contributed by atoms with Crippen LogP contribution >= 0.6 is 0 Å². The number of aromatic nitrogens is 1. The fourth-order valence-corrected chi connectivity index (χ4v) is 2.21. The van der Waals surface area contributed by atoms with Gasteiger partial charge in [0, 0.05) is 17.6 Å². The van der Waals surface area contributed by atoms with Gasteiger partial charge in [0.25, 0.3) is 0 Å². The van der Waals surface area contributed by atoms with Gasteiger partial charge in [-0.3, -0.25) is 9.78 Å². The van der Waals surface area contributed by atoms with Crippen molar-refractivity contribution in [2.75, 3.05) is 11.4 Å². The lowest BCUT2D eigenvalue weighted by Crippen LogP contribution is -2.39. The molecule has 0 aliphatic heterocycles. The van der Waals surface area contributed by atoms with Crippen LogP contribution in [-0.4, -0.2) is 23.5 Å². The molecule has 20 heavy (non-hydrogen) atoms. The summed E-state index contributed by atoms with van der Waals surface area (Å²) in [5, 5.41) is 10.2. The molecule has 0 atom stereocenters. The van der Waals surface area contributed by atoms with Gasteiger partial charge in [0.05, 0.1) is 23.3 Å². The maximum absolute atomic E-state index is 11.3. The number of nitriles is 1. The van der Waals surface area contributed by atoms with E-state index in [0.29, 0.717) is 11.3 Å². The molecule has 1 aromatic heterocycles. The van der Waals surface area contributed by atoms with E-state index in [2.05, 4.69) is 11.1 Å². The number of primary amides is 1. The molecule has 5 heteroatoms. The van der Waals surface area contributed by atoms with Crippen LogP contribution in [-0.2, 0) is 4.79 Å². The van der Waals surface area contributed by atoms with E-state index >= 15 is 0 Å². The minimum atomic E-state index is -0.427. The van der Waals surface area contributed by atoms with E-state index in [1.807, 2.05) is 43.0 Å². The highest BCUT2D eigenvalue weighted by Crippen LogP contribution is 2.30. The highest BCUT2D eigenvalue weighted by Gasteiger charge is 2.19. The summed E-state index contributed by atoms with van der Waals surface area (Å²) in [5.41, 5.74) is 7.27. The van der Waals surface area contributed by atoms with Crippen molar-refractivity contribution in [3.8, 4) is 6.07 Å². The summed E-state index contributed by atoms with van der Waals surface area (Å²) in [5.74, 6) is -0.427. The quantitative estimate of drug-likeness (QED) is 0.916. The Morgan fingerprint density at radius 3 is 2.75 bits per heavy atom. The average Bonchev–Trinajstić information content (AvgIpc) is 2.43. The van der Waals surface area contributed by atoms with Crippen LogP contribution < -0.4 is 10.6 Å². The first-order valence-electron chi connectivity index (χ1n) is 6.37. The van der Waals surface area contributed by atoms with Crippen LogP contribution in [0.25, 0.3) is 10.9 Å². The zero-order valence-corrected chi connectivity index (χ0v) is 11.5. The number of fused-ring (bicyclic) bond motifs is 1. The molecule has 0 aliphatic rings. The SMILES string of the molecule is CC(C)N(CC(N)=O)c1c(C#N)cnc2ccccc12. The summed E-state index contributed by atoms with van der Waals surface area (Å²) in [6.07, 6.45) is 1.54. The molecule has 0 radical (unpaired) electrons. The van der Waals surface area contributed by atoms with E-state index in [1.165, 1.54) is 6.20 Å². The van der Waals surface area contributed by atoms with Crippen molar-refractivity contribution < 1.29 is 4.79 Å². The minimum Gasteiger partial charge on any atom is -0.368 e. The third kappa shape index (κ3) is 2.54. The Labute approximate surface area is 117 Å². The summed E-state index contributed by atoms with van der Waals surface area (Å²) in [4.78, 5) is 17.4. The number of rotatable bonds is 4. The fourth-order valence-electron chi connectivity index (χ4n) is 2.21. The van der Waals surface area contributed by atoms with Gasteiger partial charge in [0.1, 0.15) is 6.07 Å². The first kappa shape index (κ1) is 13.8. The van der Waals surface area contributed by atoms with Crippen LogP contribution in [0.2, 0.25) is 0 Å². The molecular weight excluding hydrogens is 252 g/mol. The van der Waals surface area contributed by atoms with E-state index in [-0.39, 0.29) is 12.6 Å². The molecule has 0 saturated heterocycles. The lowest BCUT2D eigenvalue weighted by Gasteiger charge is -2.29. The molecule has 1 heterocycles. The molecule has 2 aromatic rings. The molecule has 1 amide bonds. The number of para-hydroxylation sites is 1. The van der Waals surface area contributed by atoms with Gasteiger partial charge in [-0.15, -0.1) is 0 Å². The number of pyridine rings is 1. The maximum Gasteiger partial charge on any atom is 0.236 e. The van der Waals surface area contributed by atoms with Crippen LogP contribution in [0.4, 0.5) is 5.69 Å². The van der Waals surface area contributed by atoms with Gasteiger partial charge in [-0.25, -0.2) is 0 Å². The van der Waals surface area contributed by atoms with Gasteiger partial charge in [-0.1, -0.05) is 18.2 Å². The summed E-state index contributed by atoms with van der Waals surface area (Å²) >= 11 is 0. The predicted molar refractivity (Wildman–Crippen MR) is 78.1 cm³/mol. The van der Waals surface area contributed by atoms with E-state index in [1.54, 1.807) is 0 Å². The largest absolute Gasteiger partial charge is 0.368 e. The molecule has 1 aromatic carbocycles. The Kier molecular flexibility index (Phi) is 3.85. The Morgan fingerprint density at radius 1 is 1.45 bits per heavy atom.